The topological polar surface area (TPSA) is 58.2 Å². The van der Waals surface area contributed by atoms with Gasteiger partial charge in [0.2, 0.25) is 0 Å². The van der Waals surface area contributed by atoms with E-state index in [9.17, 15) is 4.79 Å². The number of fused-ring (bicyclic) bond motifs is 3. The van der Waals surface area contributed by atoms with Crippen LogP contribution in [0.4, 0.5) is 0 Å². The minimum atomic E-state index is 0.0502. The summed E-state index contributed by atoms with van der Waals surface area (Å²) in [7, 11) is 1.71. The molecule has 4 rings (SSSR count). The Hall–Kier alpha value is -0.890. The average Bonchev–Trinajstić information content (AvgIpc) is 2.93. The first-order valence-corrected chi connectivity index (χ1v) is 9.54. The Morgan fingerprint density at radius 2 is 2.18 bits per heavy atom. The quantitative estimate of drug-likeness (QED) is 0.913. The molecular formula is C15H19N3O2S2. The fourth-order valence-electron chi connectivity index (χ4n) is 3.32. The van der Waals surface area contributed by atoms with E-state index >= 15 is 0 Å². The summed E-state index contributed by atoms with van der Waals surface area (Å²) < 4.78 is 1.30. The van der Waals surface area contributed by atoms with Crippen molar-refractivity contribution in [1.29, 1.82) is 0 Å². The van der Waals surface area contributed by atoms with Gasteiger partial charge in [0.15, 0.2) is 0 Å². The van der Waals surface area contributed by atoms with Gasteiger partial charge in [0, 0.05) is 19.0 Å². The van der Waals surface area contributed by atoms with Gasteiger partial charge in [-0.05, 0) is 37.0 Å². The number of rotatable bonds is 2. The van der Waals surface area contributed by atoms with Gasteiger partial charge in [0.05, 0.1) is 16.7 Å². The number of nitrogens with one attached hydrogen (secondary N) is 1. The molecule has 5 nitrogen and oxygen atoms in total. The van der Waals surface area contributed by atoms with Crippen LogP contribution >= 0.6 is 23.1 Å². The minimum absolute atomic E-state index is 0.0502. The van der Waals surface area contributed by atoms with Crippen LogP contribution in [0, 0.1) is 0 Å². The number of hydrogen-bond acceptors (Lipinski definition) is 6. The molecule has 1 fully saturated rings. The van der Waals surface area contributed by atoms with Crippen LogP contribution in [-0.4, -0.2) is 41.0 Å². The van der Waals surface area contributed by atoms with E-state index in [1.165, 1.54) is 9.77 Å². The first-order valence-electron chi connectivity index (χ1n) is 7.73. The molecular weight excluding hydrogens is 318 g/mol. The number of nitrogens with zero attached hydrogens (tertiary/aromatic N) is 2. The number of hydrogen-bond donors (Lipinski definition) is 1. The molecule has 0 unspecified atom stereocenters. The normalized spacial score (nSPS) is 20.4. The second kappa shape index (κ2) is 5.96. The third-order valence-electron chi connectivity index (χ3n) is 4.55. The van der Waals surface area contributed by atoms with Gasteiger partial charge in [-0.25, -0.2) is 4.98 Å². The molecule has 118 valence electrons. The van der Waals surface area contributed by atoms with Crippen LogP contribution in [0.5, 0.6) is 0 Å². The molecule has 2 aromatic heterocycles. The van der Waals surface area contributed by atoms with Crippen molar-refractivity contribution in [2.45, 2.75) is 35.8 Å². The molecule has 1 N–H and O–H groups in total. The van der Waals surface area contributed by atoms with E-state index in [2.05, 4.69) is 4.98 Å². The summed E-state index contributed by atoms with van der Waals surface area (Å²) in [4.78, 5) is 26.6. The molecule has 0 aromatic carbocycles. The first-order chi connectivity index (χ1) is 10.8. The molecule has 2 aliphatic rings. The van der Waals surface area contributed by atoms with Crippen LogP contribution < -0.4 is 5.56 Å². The zero-order chi connectivity index (χ0) is 15.1. The predicted octanol–water partition coefficient (Wildman–Crippen LogP) is 2.76. The van der Waals surface area contributed by atoms with E-state index < -0.39 is 0 Å². The van der Waals surface area contributed by atoms with Gasteiger partial charge in [0.1, 0.15) is 10.7 Å². The van der Waals surface area contributed by atoms with Crippen molar-refractivity contribution in [3.63, 3.8) is 0 Å². The molecule has 2 aliphatic heterocycles. The van der Waals surface area contributed by atoms with Crippen LogP contribution in [0.1, 0.15) is 36.6 Å². The van der Waals surface area contributed by atoms with E-state index in [-0.39, 0.29) is 5.56 Å². The Kier molecular flexibility index (Phi) is 3.98. The molecule has 0 saturated carbocycles. The van der Waals surface area contributed by atoms with Crippen molar-refractivity contribution in [3.05, 3.63) is 21.7 Å². The molecule has 0 spiro atoms. The van der Waals surface area contributed by atoms with Gasteiger partial charge in [-0.2, -0.15) is 5.06 Å². The van der Waals surface area contributed by atoms with E-state index in [0.717, 1.165) is 60.6 Å². The summed E-state index contributed by atoms with van der Waals surface area (Å²) in [5.41, 5.74) is 1.28. The molecule has 0 radical (unpaired) electrons. The van der Waals surface area contributed by atoms with Gasteiger partial charge in [0.25, 0.3) is 5.56 Å². The monoisotopic (exact) mass is 337 g/mol. The highest BCUT2D eigenvalue weighted by Gasteiger charge is 2.25. The standard InChI is InChI=1S/C15H19N3O2S2/c1-20-18-6-4-9(5-7-18)12-16-13(19)11-10-3-2-8-21-15(10)22-14(11)17-12/h9H,2-8H2,1H3,(H,16,17,19). The smallest absolute Gasteiger partial charge is 0.259 e. The van der Waals surface area contributed by atoms with E-state index in [4.69, 9.17) is 9.82 Å². The van der Waals surface area contributed by atoms with Gasteiger partial charge in [-0.3, -0.25) is 4.79 Å². The van der Waals surface area contributed by atoms with Crippen LogP contribution in [-0.2, 0) is 11.3 Å². The number of piperidine rings is 1. The molecule has 0 aliphatic carbocycles. The second-order valence-electron chi connectivity index (χ2n) is 5.84. The Bertz CT molecular complexity index is 747. The van der Waals surface area contributed by atoms with Crippen LogP contribution in [0.25, 0.3) is 10.2 Å². The van der Waals surface area contributed by atoms with E-state index in [0.29, 0.717) is 5.92 Å². The average molecular weight is 337 g/mol. The number of aryl methyl sites for hydroxylation is 1. The number of aromatic amines is 1. The Morgan fingerprint density at radius 1 is 1.36 bits per heavy atom. The van der Waals surface area contributed by atoms with Crippen LogP contribution in [0.3, 0.4) is 0 Å². The number of aromatic nitrogens is 2. The molecule has 4 heterocycles. The molecule has 1 saturated heterocycles. The van der Waals surface area contributed by atoms with Crippen molar-refractivity contribution in [1.82, 2.24) is 15.0 Å². The predicted molar refractivity (Wildman–Crippen MR) is 89.8 cm³/mol. The Morgan fingerprint density at radius 3 is 2.95 bits per heavy atom. The number of H-pyrrole nitrogens is 1. The largest absolute Gasteiger partial charge is 0.310 e. The van der Waals surface area contributed by atoms with Crippen molar-refractivity contribution < 1.29 is 4.84 Å². The maximum Gasteiger partial charge on any atom is 0.259 e. The van der Waals surface area contributed by atoms with Gasteiger partial charge < -0.3 is 9.82 Å². The third-order valence-corrected chi connectivity index (χ3v) is 7.07. The summed E-state index contributed by atoms with van der Waals surface area (Å²) in [5.74, 6) is 2.34. The lowest BCUT2D eigenvalue weighted by molar-refractivity contribution is -0.144. The maximum atomic E-state index is 12.6. The second-order valence-corrected chi connectivity index (χ2v) is 8.20. The Balaban J connectivity index is 1.70. The lowest BCUT2D eigenvalue weighted by atomic mass is 9.97. The zero-order valence-corrected chi connectivity index (χ0v) is 14.2. The lowest BCUT2D eigenvalue weighted by Gasteiger charge is -2.29. The number of thiophene rings is 1. The molecule has 0 amide bonds. The molecule has 0 bridgehead atoms. The molecule has 2 aromatic rings. The van der Waals surface area contributed by atoms with Gasteiger partial charge >= 0.3 is 0 Å². The molecule has 0 atom stereocenters. The van der Waals surface area contributed by atoms with Crippen molar-refractivity contribution >= 4 is 33.3 Å². The summed E-state index contributed by atoms with van der Waals surface area (Å²) in [6.45, 7) is 1.78. The van der Waals surface area contributed by atoms with Crippen molar-refractivity contribution in [2.75, 3.05) is 26.0 Å². The summed E-state index contributed by atoms with van der Waals surface area (Å²) in [6.07, 6.45) is 4.11. The maximum absolute atomic E-state index is 12.6. The Labute approximate surface area is 137 Å². The van der Waals surface area contributed by atoms with Crippen LogP contribution in [0.15, 0.2) is 9.00 Å². The highest BCUT2D eigenvalue weighted by Crippen LogP contribution is 2.40. The summed E-state index contributed by atoms with van der Waals surface area (Å²) in [5, 5.41) is 2.80. The van der Waals surface area contributed by atoms with Crippen LogP contribution in [0.2, 0.25) is 0 Å². The fourth-order valence-corrected chi connectivity index (χ4v) is 5.86. The lowest BCUT2D eigenvalue weighted by Crippen LogP contribution is -2.33. The minimum Gasteiger partial charge on any atom is -0.310 e. The SMILES string of the molecule is CON1CCC(c2nc3sc4c(c3c(=O)[nH]2)CCCS4)CC1. The third kappa shape index (κ3) is 2.50. The highest BCUT2D eigenvalue weighted by molar-refractivity contribution is 8.01. The van der Waals surface area contributed by atoms with Crippen molar-refractivity contribution in [3.8, 4) is 0 Å². The van der Waals surface area contributed by atoms with E-state index in [1.807, 2.05) is 16.8 Å². The van der Waals surface area contributed by atoms with Gasteiger partial charge in [-0.1, -0.05) is 0 Å². The number of hydroxylamine groups is 2. The summed E-state index contributed by atoms with van der Waals surface area (Å²) in [6, 6.07) is 0. The zero-order valence-electron chi connectivity index (χ0n) is 12.6. The molecule has 7 heteroatoms. The summed E-state index contributed by atoms with van der Waals surface area (Å²) >= 11 is 3.56. The van der Waals surface area contributed by atoms with E-state index in [1.54, 1.807) is 18.4 Å². The number of thioether (sulfide) groups is 1. The van der Waals surface area contributed by atoms with Crippen molar-refractivity contribution in [2.24, 2.45) is 0 Å². The van der Waals surface area contributed by atoms with Gasteiger partial charge in [-0.15, -0.1) is 23.1 Å². The highest BCUT2D eigenvalue weighted by atomic mass is 32.2. The fraction of sp³-hybridized carbons (Fsp3) is 0.600. The molecule has 22 heavy (non-hydrogen) atoms. The first kappa shape index (κ1) is 14.7.